The van der Waals surface area contributed by atoms with E-state index in [1.165, 1.54) is 0 Å². The standard InChI is InChI=1S/C16H18N4O/c1-3-18-10-15-16(7-6-12(2)20-15)21-11-13-5-4-8-19-14(13)9-17/h4-8,18H,3,10-11H2,1-2H3. The number of aromatic nitrogens is 2. The SMILES string of the molecule is CCNCc1nc(C)ccc1OCc1cccnc1C#N. The van der Waals surface area contributed by atoms with Crippen molar-refractivity contribution in [2.45, 2.75) is 27.0 Å². The number of pyridine rings is 2. The van der Waals surface area contributed by atoms with E-state index in [1.54, 1.807) is 12.3 Å². The summed E-state index contributed by atoms with van der Waals surface area (Å²) < 4.78 is 5.82. The van der Waals surface area contributed by atoms with E-state index in [2.05, 4.69) is 21.4 Å². The molecule has 0 aliphatic carbocycles. The molecule has 0 atom stereocenters. The van der Waals surface area contributed by atoms with Gasteiger partial charge in [-0.15, -0.1) is 0 Å². The minimum absolute atomic E-state index is 0.306. The van der Waals surface area contributed by atoms with Crippen LogP contribution in [0.2, 0.25) is 0 Å². The lowest BCUT2D eigenvalue weighted by Crippen LogP contribution is -2.14. The largest absolute Gasteiger partial charge is 0.487 e. The quantitative estimate of drug-likeness (QED) is 0.880. The third-order valence-corrected chi connectivity index (χ3v) is 2.99. The molecule has 1 N–H and O–H groups in total. The van der Waals surface area contributed by atoms with Crippen LogP contribution in [0.15, 0.2) is 30.5 Å². The number of nitrogens with zero attached hydrogens (tertiary/aromatic N) is 3. The molecule has 5 nitrogen and oxygen atoms in total. The van der Waals surface area contributed by atoms with E-state index in [4.69, 9.17) is 10.00 Å². The number of hydrogen-bond acceptors (Lipinski definition) is 5. The summed E-state index contributed by atoms with van der Waals surface area (Å²) in [7, 11) is 0. The molecule has 0 saturated carbocycles. The third kappa shape index (κ3) is 4.01. The number of hydrogen-bond donors (Lipinski definition) is 1. The first-order chi connectivity index (χ1) is 10.2. The average molecular weight is 282 g/mol. The third-order valence-electron chi connectivity index (χ3n) is 2.99. The Bertz CT molecular complexity index is 649. The Balaban J connectivity index is 2.14. The highest BCUT2D eigenvalue weighted by Crippen LogP contribution is 2.19. The Morgan fingerprint density at radius 2 is 2.19 bits per heavy atom. The molecule has 0 saturated heterocycles. The Morgan fingerprint density at radius 1 is 1.33 bits per heavy atom. The smallest absolute Gasteiger partial charge is 0.147 e. The molecule has 0 fully saturated rings. The van der Waals surface area contributed by atoms with Crippen LogP contribution in [-0.4, -0.2) is 16.5 Å². The summed E-state index contributed by atoms with van der Waals surface area (Å²) >= 11 is 0. The molecule has 5 heteroatoms. The van der Waals surface area contributed by atoms with Gasteiger partial charge < -0.3 is 10.1 Å². The van der Waals surface area contributed by atoms with Gasteiger partial charge in [0.15, 0.2) is 0 Å². The Hall–Kier alpha value is -2.45. The Labute approximate surface area is 124 Å². The van der Waals surface area contributed by atoms with Crippen molar-refractivity contribution in [2.75, 3.05) is 6.54 Å². The van der Waals surface area contributed by atoms with E-state index in [0.717, 1.165) is 29.2 Å². The summed E-state index contributed by atoms with van der Waals surface area (Å²) in [6, 6.07) is 9.54. The molecule has 0 aromatic carbocycles. The highest BCUT2D eigenvalue weighted by atomic mass is 16.5. The summed E-state index contributed by atoms with van der Waals surface area (Å²) in [6.07, 6.45) is 1.60. The van der Waals surface area contributed by atoms with Gasteiger partial charge in [-0.2, -0.15) is 5.26 Å². The first-order valence-corrected chi connectivity index (χ1v) is 6.88. The molecule has 2 aromatic rings. The van der Waals surface area contributed by atoms with Crippen LogP contribution in [0.25, 0.3) is 0 Å². The zero-order valence-corrected chi connectivity index (χ0v) is 12.3. The molecular formula is C16H18N4O. The molecule has 0 unspecified atom stereocenters. The number of ether oxygens (including phenoxy) is 1. The van der Waals surface area contributed by atoms with Gasteiger partial charge in [0.25, 0.3) is 0 Å². The fraction of sp³-hybridized carbons (Fsp3) is 0.312. The Kier molecular flexibility index (Phi) is 5.24. The van der Waals surface area contributed by atoms with Crippen LogP contribution < -0.4 is 10.1 Å². The molecule has 0 radical (unpaired) electrons. The second-order valence-electron chi connectivity index (χ2n) is 4.59. The van der Waals surface area contributed by atoms with E-state index in [9.17, 15) is 0 Å². The maximum absolute atomic E-state index is 9.03. The minimum atomic E-state index is 0.306. The molecule has 2 rings (SSSR count). The van der Waals surface area contributed by atoms with Crippen LogP contribution >= 0.6 is 0 Å². The van der Waals surface area contributed by atoms with E-state index >= 15 is 0 Å². The number of aryl methyl sites for hydroxylation is 1. The second-order valence-corrected chi connectivity index (χ2v) is 4.59. The predicted molar refractivity (Wildman–Crippen MR) is 79.6 cm³/mol. The molecule has 0 spiro atoms. The summed E-state index contributed by atoms with van der Waals surface area (Å²) in [5, 5.41) is 12.3. The van der Waals surface area contributed by atoms with Crippen molar-refractivity contribution < 1.29 is 4.74 Å². The van der Waals surface area contributed by atoms with Crippen molar-refractivity contribution in [2.24, 2.45) is 0 Å². The van der Waals surface area contributed by atoms with Crippen molar-refractivity contribution in [3.63, 3.8) is 0 Å². The van der Waals surface area contributed by atoms with Gasteiger partial charge in [-0.3, -0.25) is 4.98 Å². The maximum Gasteiger partial charge on any atom is 0.147 e. The van der Waals surface area contributed by atoms with Gasteiger partial charge >= 0.3 is 0 Å². The number of nitriles is 1. The van der Waals surface area contributed by atoms with E-state index in [1.807, 2.05) is 32.0 Å². The van der Waals surface area contributed by atoms with Crippen molar-refractivity contribution in [1.29, 1.82) is 5.26 Å². The van der Waals surface area contributed by atoms with Crippen LogP contribution in [0.4, 0.5) is 0 Å². The predicted octanol–water partition coefficient (Wildman–Crippen LogP) is 2.35. The van der Waals surface area contributed by atoms with Crippen molar-refractivity contribution >= 4 is 0 Å². The van der Waals surface area contributed by atoms with Crippen LogP contribution in [0, 0.1) is 18.3 Å². The lowest BCUT2D eigenvalue weighted by molar-refractivity contribution is 0.299. The first-order valence-electron chi connectivity index (χ1n) is 6.88. The fourth-order valence-corrected chi connectivity index (χ4v) is 1.91. The molecule has 2 aromatic heterocycles. The summed E-state index contributed by atoms with van der Waals surface area (Å²) in [5.74, 6) is 0.731. The molecule has 0 aliphatic heterocycles. The molecule has 2 heterocycles. The molecule has 108 valence electrons. The zero-order valence-electron chi connectivity index (χ0n) is 12.3. The van der Waals surface area contributed by atoms with Crippen LogP contribution in [0.5, 0.6) is 5.75 Å². The molecule has 0 amide bonds. The van der Waals surface area contributed by atoms with Gasteiger partial charge in [-0.1, -0.05) is 13.0 Å². The fourth-order valence-electron chi connectivity index (χ4n) is 1.91. The summed E-state index contributed by atoms with van der Waals surface area (Å²) in [5.41, 5.74) is 2.99. The van der Waals surface area contributed by atoms with Crippen molar-refractivity contribution in [3.05, 3.63) is 53.1 Å². The second kappa shape index (κ2) is 7.36. The minimum Gasteiger partial charge on any atom is -0.487 e. The van der Waals surface area contributed by atoms with Crippen LogP contribution in [-0.2, 0) is 13.2 Å². The lowest BCUT2D eigenvalue weighted by atomic mass is 10.2. The molecule has 21 heavy (non-hydrogen) atoms. The Morgan fingerprint density at radius 3 is 2.95 bits per heavy atom. The van der Waals surface area contributed by atoms with Gasteiger partial charge in [-0.05, 0) is 31.7 Å². The normalized spacial score (nSPS) is 10.1. The van der Waals surface area contributed by atoms with E-state index in [0.29, 0.717) is 18.8 Å². The highest BCUT2D eigenvalue weighted by Gasteiger charge is 2.08. The van der Waals surface area contributed by atoms with E-state index in [-0.39, 0.29) is 0 Å². The average Bonchev–Trinajstić information content (AvgIpc) is 2.52. The summed E-state index contributed by atoms with van der Waals surface area (Å²) in [6.45, 7) is 5.84. The molecule has 0 aliphatic rings. The van der Waals surface area contributed by atoms with E-state index < -0.39 is 0 Å². The topological polar surface area (TPSA) is 70.8 Å². The lowest BCUT2D eigenvalue weighted by Gasteiger charge is -2.12. The van der Waals surface area contributed by atoms with Gasteiger partial charge in [-0.25, -0.2) is 4.98 Å². The highest BCUT2D eigenvalue weighted by molar-refractivity contribution is 5.32. The number of nitrogens with one attached hydrogen (secondary N) is 1. The van der Waals surface area contributed by atoms with Gasteiger partial charge in [0.05, 0.1) is 5.69 Å². The molecule has 0 bridgehead atoms. The van der Waals surface area contributed by atoms with Crippen molar-refractivity contribution in [1.82, 2.24) is 15.3 Å². The number of rotatable bonds is 6. The van der Waals surface area contributed by atoms with Gasteiger partial charge in [0.1, 0.15) is 24.1 Å². The summed E-state index contributed by atoms with van der Waals surface area (Å²) in [4.78, 5) is 8.52. The van der Waals surface area contributed by atoms with Gasteiger partial charge in [0, 0.05) is 24.0 Å². The first kappa shape index (κ1) is 14.9. The van der Waals surface area contributed by atoms with Crippen LogP contribution in [0.3, 0.4) is 0 Å². The van der Waals surface area contributed by atoms with Crippen molar-refractivity contribution in [3.8, 4) is 11.8 Å². The van der Waals surface area contributed by atoms with Gasteiger partial charge in [0.2, 0.25) is 0 Å². The molecular weight excluding hydrogens is 264 g/mol. The zero-order chi connectivity index (χ0) is 15.1. The monoisotopic (exact) mass is 282 g/mol. The van der Waals surface area contributed by atoms with Crippen LogP contribution in [0.1, 0.15) is 29.6 Å². The maximum atomic E-state index is 9.03.